The SMILES string of the molecule is O=C(O)CNc1cccc(C(=O)N2CC=CC2)c1. The summed E-state index contributed by atoms with van der Waals surface area (Å²) in [4.78, 5) is 24.3. The summed E-state index contributed by atoms with van der Waals surface area (Å²) in [6, 6.07) is 6.87. The largest absolute Gasteiger partial charge is 0.480 e. The van der Waals surface area contributed by atoms with Gasteiger partial charge in [0.15, 0.2) is 0 Å². The first-order valence-corrected chi connectivity index (χ1v) is 5.67. The summed E-state index contributed by atoms with van der Waals surface area (Å²) >= 11 is 0. The van der Waals surface area contributed by atoms with Gasteiger partial charge in [-0.2, -0.15) is 0 Å². The molecule has 1 aliphatic rings. The third-order valence-corrected chi connectivity index (χ3v) is 2.66. The zero-order valence-electron chi connectivity index (χ0n) is 9.80. The van der Waals surface area contributed by atoms with Gasteiger partial charge in [0.1, 0.15) is 6.54 Å². The van der Waals surface area contributed by atoms with Crippen LogP contribution in [0.2, 0.25) is 0 Å². The molecule has 94 valence electrons. The zero-order valence-corrected chi connectivity index (χ0v) is 9.80. The molecular formula is C13H14N2O3. The van der Waals surface area contributed by atoms with Crippen molar-refractivity contribution >= 4 is 17.6 Å². The van der Waals surface area contributed by atoms with E-state index in [4.69, 9.17) is 5.11 Å². The Morgan fingerprint density at radius 2 is 2.00 bits per heavy atom. The van der Waals surface area contributed by atoms with E-state index in [0.29, 0.717) is 24.3 Å². The number of benzene rings is 1. The molecular weight excluding hydrogens is 232 g/mol. The molecule has 1 aromatic rings. The molecule has 0 atom stereocenters. The number of carbonyl (C=O) groups is 2. The number of aliphatic carboxylic acids is 1. The van der Waals surface area contributed by atoms with Gasteiger partial charge in [-0.15, -0.1) is 0 Å². The number of hydrogen-bond donors (Lipinski definition) is 2. The van der Waals surface area contributed by atoms with Crippen molar-refractivity contribution in [3.63, 3.8) is 0 Å². The normalized spacial score (nSPS) is 13.7. The maximum absolute atomic E-state index is 12.1. The molecule has 2 N–H and O–H groups in total. The van der Waals surface area contributed by atoms with E-state index in [9.17, 15) is 9.59 Å². The Labute approximate surface area is 105 Å². The molecule has 0 fully saturated rings. The smallest absolute Gasteiger partial charge is 0.322 e. The van der Waals surface area contributed by atoms with E-state index in [1.54, 1.807) is 29.2 Å². The summed E-state index contributed by atoms with van der Waals surface area (Å²) in [5.41, 5.74) is 1.20. The van der Waals surface area contributed by atoms with Crippen LogP contribution in [0.1, 0.15) is 10.4 Å². The Hall–Kier alpha value is -2.30. The third-order valence-electron chi connectivity index (χ3n) is 2.66. The molecule has 18 heavy (non-hydrogen) atoms. The van der Waals surface area contributed by atoms with Crippen LogP contribution >= 0.6 is 0 Å². The predicted octanol–water partition coefficient (Wildman–Crippen LogP) is 1.20. The van der Waals surface area contributed by atoms with Gasteiger partial charge in [0.25, 0.3) is 5.91 Å². The summed E-state index contributed by atoms with van der Waals surface area (Å²) in [5, 5.41) is 11.3. The topological polar surface area (TPSA) is 69.6 Å². The van der Waals surface area contributed by atoms with Crippen LogP contribution in [0.3, 0.4) is 0 Å². The second-order valence-corrected chi connectivity index (χ2v) is 4.01. The number of rotatable bonds is 4. The van der Waals surface area contributed by atoms with Crippen LogP contribution in [0.4, 0.5) is 5.69 Å². The van der Waals surface area contributed by atoms with E-state index < -0.39 is 5.97 Å². The van der Waals surface area contributed by atoms with E-state index in [-0.39, 0.29) is 12.5 Å². The zero-order chi connectivity index (χ0) is 13.0. The summed E-state index contributed by atoms with van der Waals surface area (Å²) in [5.74, 6) is -0.977. The quantitative estimate of drug-likeness (QED) is 0.783. The van der Waals surface area contributed by atoms with E-state index in [1.165, 1.54) is 0 Å². The summed E-state index contributed by atoms with van der Waals surface area (Å²) in [6.07, 6.45) is 3.90. The Bertz CT molecular complexity index is 489. The Kier molecular flexibility index (Phi) is 3.62. The van der Waals surface area contributed by atoms with Crippen molar-refractivity contribution in [2.45, 2.75) is 0 Å². The fraction of sp³-hybridized carbons (Fsp3) is 0.231. The van der Waals surface area contributed by atoms with Gasteiger partial charge in [-0.3, -0.25) is 9.59 Å². The van der Waals surface area contributed by atoms with Gasteiger partial charge in [-0.05, 0) is 18.2 Å². The molecule has 0 radical (unpaired) electrons. The van der Waals surface area contributed by atoms with Crippen LogP contribution < -0.4 is 5.32 Å². The third kappa shape index (κ3) is 2.88. The van der Waals surface area contributed by atoms with Gasteiger partial charge in [-0.1, -0.05) is 18.2 Å². The minimum Gasteiger partial charge on any atom is -0.480 e. The first-order chi connectivity index (χ1) is 8.66. The van der Waals surface area contributed by atoms with E-state index in [1.807, 2.05) is 12.2 Å². The number of amides is 1. The molecule has 5 heteroatoms. The van der Waals surface area contributed by atoms with Crippen molar-refractivity contribution in [1.82, 2.24) is 4.90 Å². The maximum Gasteiger partial charge on any atom is 0.322 e. The Balaban J connectivity index is 2.06. The number of nitrogens with one attached hydrogen (secondary N) is 1. The van der Waals surface area contributed by atoms with E-state index in [2.05, 4.69) is 5.32 Å². The number of carbonyl (C=O) groups excluding carboxylic acids is 1. The fourth-order valence-corrected chi connectivity index (χ4v) is 1.77. The lowest BCUT2D eigenvalue weighted by Gasteiger charge is -2.15. The molecule has 0 saturated carbocycles. The first kappa shape index (κ1) is 12.2. The average molecular weight is 246 g/mol. The van der Waals surface area contributed by atoms with Crippen molar-refractivity contribution < 1.29 is 14.7 Å². The standard InChI is InChI=1S/C13H14N2O3/c16-12(17)9-14-11-5-3-4-10(8-11)13(18)15-6-1-2-7-15/h1-5,8,14H,6-7,9H2,(H,16,17). The van der Waals surface area contributed by atoms with Crippen LogP contribution in [0.5, 0.6) is 0 Å². The lowest BCUT2D eigenvalue weighted by Crippen LogP contribution is -2.28. The second kappa shape index (κ2) is 5.35. The molecule has 0 spiro atoms. The first-order valence-electron chi connectivity index (χ1n) is 5.67. The molecule has 0 aliphatic carbocycles. The summed E-state index contributed by atoms with van der Waals surface area (Å²) in [7, 11) is 0. The number of carboxylic acid groups (broad SMARTS) is 1. The van der Waals surface area contributed by atoms with Crippen LogP contribution in [0, 0.1) is 0 Å². The Morgan fingerprint density at radius 3 is 2.67 bits per heavy atom. The molecule has 1 aromatic carbocycles. The van der Waals surface area contributed by atoms with E-state index >= 15 is 0 Å². The summed E-state index contributed by atoms with van der Waals surface area (Å²) < 4.78 is 0. The van der Waals surface area contributed by atoms with Crippen LogP contribution in [0.25, 0.3) is 0 Å². The minimum atomic E-state index is -0.935. The number of nitrogens with zero attached hydrogens (tertiary/aromatic N) is 1. The van der Waals surface area contributed by atoms with Crippen molar-refractivity contribution in [3.8, 4) is 0 Å². The molecule has 1 heterocycles. The molecule has 0 saturated heterocycles. The average Bonchev–Trinajstić information content (AvgIpc) is 2.89. The highest BCUT2D eigenvalue weighted by Crippen LogP contribution is 2.14. The fourth-order valence-electron chi connectivity index (χ4n) is 1.77. The number of anilines is 1. The van der Waals surface area contributed by atoms with Gasteiger partial charge in [0.05, 0.1) is 0 Å². The van der Waals surface area contributed by atoms with Crippen LogP contribution in [-0.4, -0.2) is 41.5 Å². The predicted molar refractivity (Wildman–Crippen MR) is 67.6 cm³/mol. The highest BCUT2D eigenvalue weighted by molar-refractivity contribution is 5.95. The lowest BCUT2D eigenvalue weighted by molar-refractivity contribution is -0.134. The van der Waals surface area contributed by atoms with Gasteiger partial charge >= 0.3 is 5.97 Å². The maximum atomic E-state index is 12.1. The van der Waals surface area contributed by atoms with Crippen LogP contribution in [-0.2, 0) is 4.79 Å². The molecule has 1 amide bonds. The monoisotopic (exact) mass is 246 g/mol. The molecule has 1 aliphatic heterocycles. The van der Waals surface area contributed by atoms with Gasteiger partial charge in [-0.25, -0.2) is 0 Å². The molecule has 0 bridgehead atoms. The molecule has 0 aromatic heterocycles. The van der Waals surface area contributed by atoms with Crippen molar-refractivity contribution in [2.24, 2.45) is 0 Å². The second-order valence-electron chi connectivity index (χ2n) is 4.01. The molecule has 0 unspecified atom stereocenters. The molecule has 5 nitrogen and oxygen atoms in total. The van der Waals surface area contributed by atoms with Gasteiger partial charge < -0.3 is 15.3 Å². The number of hydrogen-bond acceptors (Lipinski definition) is 3. The van der Waals surface area contributed by atoms with Crippen molar-refractivity contribution in [3.05, 3.63) is 42.0 Å². The Morgan fingerprint density at radius 1 is 1.28 bits per heavy atom. The van der Waals surface area contributed by atoms with Gasteiger partial charge in [0, 0.05) is 24.3 Å². The van der Waals surface area contributed by atoms with E-state index in [0.717, 1.165) is 0 Å². The highest BCUT2D eigenvalue weighted by atomic mass is 16.4. The van der Waals surface area contributed by atoms with Crippen molar-refractivity contribution in [2.75, 3.05) is 25.0 Å². The minimum absolute atomic E-state index is 0.0426. The van der Waals surface area contributed by atoms with Gasteiger partial charge in [0.2, 0.25) is 0 Å². The lowest BCUT2D eigenvalue weighted by atomic mass is 10.1. The number of carboxylic acids is 1. The van der Waals surface area contributed by atoms with Crippen LogP contribution in [0.15, 0.2) is 36.4 Å². The highest BCUT2D eigenvalue weighted by Gasteiger charge is 2.16. The summed E-state index contributed by atoms with van der Waals surface area (Å²) in [6.45, 7) is 1.10. The molecule has 2 rings (SSSR count). The van der Waals surface area contributed by atoms with Crippen molar-refractivity contribution in [1.29, 1.82) is 0 Å².